The van der Waals surface area contributed by atoms with Crippen LogP contribution in [0, 0.1) is 28.6 Å². The third kappa shape index (κ3) is 3.10. The zero-order valence-corrected chi connectivity index (χ0v) is 17.6. The summed E-state index contributed by atoms with van der Waals surface area (Å²) in [6.45, 7) is 8.95. The number of carbonyl (C=O) groups excluding carboxylic acids is 1. The predicted octanol–water partition coefficient (Wildman–Crippen LogP) is 4.20. The molecule has 2 aliphatic carbocycles. The quantitative estimate of drug-likeness (QED) is 0.784. The molecule has 2 aliphatic rings. The first-order chi connectivity index (χ1) is 13.7. The first-order valence-corrected chi connectivity index (χ1v) is 10.5. The Bertz CT molecular complexity index is 994. The number of hydrogen-bond donors (Lipinski definition) is 1. The van der Waals surface area contributed by atoms with Crippen molar-refractivity contribution in [3.05, 3.63) is 40.8 Å². The van der Waals surface area contributed by atoms with Gasteiger partial charge in [-0.15, -0.1) is 0 Å². The van der Waals surface area contributed by atoms with Crippen molar-refractivity contribution >= 4 is 16.8 Å². The van der Waals surface area contributed by atoms with Crippen LogP contribution in [0.15, 0.2) is 39.5 Å². The molecule has 1 N–H and O–H groups in total. The van der Waals surface area contributed by atoms with E-state index in [1.165, 1.54) is 6.07 Å². The molecule has 6 atom stereocenters. The zero-order chi connectivity index (χ0) is 21.0. The summed E-state index contributed by atoms with van der Waals surface area (Å²) >= 11 is 0. The van der Waals surface area contributed by atoms with Gasteiger partial charge in [-0.25, -0.2) is 4.79 Å². The molecule has 0 unspecified atom stereocenters. The van der Waals surface area contributed by atoms with Crippen molar-refractivity contribution < 1.29 is 19.1 Å². The van der Waals surface area contributed by atoms with Gasteiger partial charge in [0.2, 0.25) is 0 Å². The second-order valence-electron chi connectivity index (χ2n) is 9.55. The zero-order valence-electron chi connectivity index (χ0n) is 17.6. The fraction of sp³-hybridized carbons (Fsp3) is 0.583. The number of rotatable bonds is 3. The monoisotopic (exact) mass is 398 g/mol. The molecule has 0 aliphatic heterocycles. The van der Waals surface area contributed by atoms with Crippen molar-refractivity contribution in [1.82, 2.24) is 0 Å². The number of ketones is 1. The van der Waals surface area contributed by atoms with E-state index in [-0.39, 0.29) is 34.6 Å². The third-order valence-corrected chi connectivity index (χ3v) is 8.21. The lowest BCUT2D eigenvalue weighted by atomic mass is 9.44. The Morgan fingerprint density at radius 2 is 1.90 bits per heavy atom. The Morgan fingerprint density at radius 1 is 1.17 bits per heavy atom. The number of fused-ring (bicyclic) bond motifs is 2. The topological polar surface area (TPSA) is 76.7 Å². The standard InChI is InChI=1S/C24H30O5/c1-14-11-21(26)24(4)15(2)18(25)8-9-20(24)23(14,3)13-28-17-7-5-16-6-10-22(27)29-19(16)12-17/h5-7,10,12,14-15,20-21,26H,8-9,11,13H2,1-4H3/t14-,15+,20+,21-,23+,24-/m1/s1. The molecular formula is C24H30O5. The average molecular weight is 398 g/mol. The Hall–Kier alpha value is -2.14. The highest BCUT2D eigenvalue weighted by molar-refractivity contribution is 5.82. The molecule has 156 valence electrons. The minimum atomic E-state index is -0.482. The van der Waals surface area contributed by atoms with E-state index in [1.54, 1.807) is 12.1 Å². The molecule has 1 heterocycles. The molecule has 2 aromatic rings. The fourth-order valence-corrected chi connectivity index (χ4v) is 5.84. The fourth-order valence-electron chi connectivity index (χ4n) is 5.84. The van der Waals surface area contributed by atoms with Crippen LogP contribution in [-0.2, 0) is 4.79 Å². The summed E-state index contributed by atoms with van der Waals surface area (Å²) in [4.78, 5) is 24.0. The number of Topliss-reactive ketones (excluding diaryl/α,β-unsaturated/α-hetero) is 1. The summed E-state index contributed by atoms with van der Waals surface area (Å²) in [5, 5.41) is 11.8. The summed E-state index contributed by atoms with van der Waals surface area (Å²) < 4.78 is 11.5. The van der Waals surface area contributed by atoms with E-state index in [1.807, 2.05) is 19.1 Å². The second kappa shape index (κ2) is 6.98. The summed E-state index contributed by atoms with van der Waals surface area (Å²) in [5.41, 5.74) is -0.479. The maximum absolute atomic E-state index is 12.4. The van der Waals surface area contributed by atoms with E-state index in [2.05, 4.69) is 20.8 Å². The largest absolute Gasteiger partial charge is 0.493 e. The molecule has 29 heavy (non-hydrogen) atoms. The van der Waals surface area contributed by atoms with Gasteiger partial charge >= 0.3 is 5.63 Å². The van der Waals surface area contributed by atoms with Gasteiger partial charge in [0.15, 0.2) is 0 Å². The van der Waals surface area contributed by atoms with E-state index in [4.69, 9.17) is 9.15 Å². The SMILES string of the molecule is C[C@@H]1C[C@@H](O)[C@]2(C)[C@@H](C)C(=O)CC[C@H]2[C@@]1(C)COc1ccc2ccc(=O)oc2c1. The lowest BCUT2D eigenvalue weighted by Crippen LogP contribution is -2.62. The van der Waals surface area contributed by atoms with Crippen molar-refractivity contribution in [1.29, 1.82) is 0 Å². The molecule has 2 saturated carbocycles. The van der Waals surface area contributed by atoms with Gasteiger partial charge in [-0.2, -0.15) is 0 Å². The van der Waals surface area contributed by atoms with E-state index in [0.717, 1.165) is 11.8 Å². The van der Waals surface area contributed by atoms with Crippen LogP contribution >= 0.6 is 0 Å². The molecule has 0 bridgehead atoms. The highest BCUT2D eigenvalue weighted by Crippen LogP contribution is 2.61. The maximum Gasteiger partial charge on any atom is 0.336 e. The first-order valence-electron chi connectivity index (χ1n) is 10.5. The molecule has 0 amide bonds. The molecule has 0 radical (unpaired) electrons. The van der Waals surface area contributed by atoms with Crippen LogP contribution in [0.5, 0.6) is 5.75 Å². The Labute approximate surface area is 171 Å². The Balaban J connectivity index is 1.63. The van der Waals surface area contributed by atoms with Gasteiger partial charge in [0.1, 0.15) is 17.1 Å². The van der Waals surface area contributed by atoms with Crippen LogP contribution in [0.2, 0.25) is 0 Å². The molecule has 5 nitrogen and oxygen atoms in total. The number of ether oxygens (including phenoxy) is 1. The van der Waals surface area contributed by atoms with Gasteiger partial charge in [-0.05, 0) is 42.9 Å². The molecule has 0 saturated heterocycles. The van der Waals surface area contributed by atoms with E-state index in [9.17, 15) is 14.7 Å². The number of aliphatic hydroxyl groups is 1. The lowest BCUT2D eigenvalue weighted by Gasteiger charge is -2.61. The molecule has 1 aromatic carbocycles. The highest BCUT2D eigenvalue weighted by atomic mass is 16.5. The molecule has 0 spiro atoms. The number of aliphatic hydroxyl groups excluding tert-OH is 1. The highest BCUT2D eigenvalue weighted by Gasteiger charge is 2.61. The van der Waals surface area contributed by atoms with Crippen molar-refractivity contribution in [2.24, 2.45) is 28.6 Å². The second-order valence-corrected chi connectivity index (χ2v) is 9.55. The van der Waals surface area contributed by atoms with E-state index in [0.29, 0.717) is 30.8 Å². The lowest BCUT2D eigenvalue weighted by molar-refractivity contribution is -0.186. The van der Waals surface area contributed by atoms with Gasteiger partial charge in [0.25, 0.3) is 0 Å². The van der Waals surface area contributed by atoms with Gasteiger partial charge in [-0.1, -0.05) is 27.7 Å². The summed E-state index contributed by atoms with van der Waals surface area (Å²) in [6.07, 6.45) is 1.53. The molecular weight excluding hydrogens is 368 g/mol. The van der Waals surface area contributed by atoms with Gasteiger partial charge in [-0.3, -0.25) is 4.79 Å². The van der Waals surface area contributed by atoms with Crippen LogP contribution < -0.4 is 10.4 Å². The van der Waals surface area contributed by atoms with Crippen LogP contribution in [-0.4, -0.2) is 23.6 Å². The predicted molar refractivity (Wildman–Crippen MR) is 111 cm³/mol. The van der Waals surface area contributed by atoms with Crippen LogP contribution in [0.25, 0.3) is 11.0 Å². The summed E-state index contributed by atoms with van der Waals surface area (Å²) in [6, 6.07) is 8.68. The van der Waals surface area contributed by atoms with E-state index >= 15 is 0 Å². The minimum absolute atomic E-state index is 0.155. The molecule has 1 aromatic heterocycles. The number of carbonyl (C=O) groups is 1. The number of benzene rings is 1. The smallest absolute Gasteiger partial charge is 0.336 e. The van der Waals surface area contributed by atoms with Crippen molar-refractivity contribution in [3.8, 4) is 5.75 Å². The Morgan fingerprint density at radius 3 is 2.66 bits per heavy atom. The normalized spacial score (nSPS) is 37.3. The van der Waals surface area contributed by atoms with E-state index < -0.39 is 11.5 Å². The molecule has 5 heteroatoms. The first kappa shape index (κ1) is 20.1. The summed E-state index contributed by atoms with van der Waals surface area (Å²) in [7, 11) is 0. The van der Waals surface area contributed by atoms with Gasteiger partial charge < -0.3 is 14.3 Å². The van der Waals surface area contributed by atoms with Crippen LogP contribution in [0.3, 0.4) is 0 Å². The maximum atomic E-state index is 12.4. The van der Waals surface area contributed by atoms with Gasteiger partial charge in [0, 0.05) is 40.7 Å². The average Bonchev–Trinajstić information content (AvgIpc) is 2.69. The summed E-state index contributed by atoms with van der Waals surface area (Å²) in [5.74, 6) is 1.21. The van der Waals surface area contributed by atoms with Crippen molar-refractivity contribution in [2.75, 3.05) is 6.61 Å². The third-order valence-electron chi connectivity index (χ3n) is 8.21. The Kier molecular flexibility index (Phi) is 4.85. The minimum Gasteiger partial charge on any atom is -0.493 e. The molecule has 4 rings (SSSR count). The number of hydrogen-bond acceptors (Lipinski definition) is 5. The van der Waals surface area contributed by atoms with Crippen molar-refractivity contribution in [2.45, 2.75) is 53.1 Å². The van der Waals surface area contributed by atoms with Crippen LogP contribution in [0.1, 0.15) is 47.0 Å². The molecule has 2 fully saturated rings. The van der Waals surface area contributed by atoms with Gasteiger partial charge in [0.05, 0.1) is 12.7 Å². The van der Waals surface area contributed by atoms with Crippen LogP contribution in [0.4, 0.5) is 0 Å². The van der Waals surface area contributed by atoms with Crippen molar-refractivity contribution in [3.63, 3.8) is 0 Å².